The zero-order chi connectivity index (χ0) is 13.2. The van der Waals surface area contributed by atoms with Gasteiger partial charge < -0.3 is 0 Å². The van der Waals surface area contributed by atoms with E-state index in [0.29, 0.717) is 0 Å². The number of carbonyl (C=O) groups is 1. The summed E-state index contributed by atoms with van der Waals surface area (Å²) in [6.45, 7) is 7.97. The summed E-state index contributed by atoms with van der Waals surface area (Å²) >= 11 is 0. The minimum Gasteiger partial charge on any atom is -0.297 e. The fraction of sp³-hybridized carbons (Fsp3) is 0.533. The lowest BCUT2D eigenvalue weighted by Crippen LogP contribution is -2.35. The second-order valence-corrected chi connectivity index (χ2v) is 5.89. The van der Waals surface area contributed by atoms with E-state index in [-0.39, 0.29) is 17.2 Å². The number of hydrogen-bond donors (Lipinski definition) is 0. The lowest BCUT2D eigenvalue weighted by atomic mass is 9.83. The summed E-state index contributed by atoms with van der Waals surface area (Å²) in [5, 5.41) is 0. The highest BCUT2D eigenvalue weighted by atomic mass is 16.1. The van der Waals surface area contributed by atoms with Gasteiger partial charge in [0.25, 0.3) is 0 Å². The van der Waals surface area contributed by atoms with Crippen LogP contribution in [0.5, 0.6) is 0 Å². The van der Waals surface area contributed by atoms with Gasteiger partial charge in [0.05, 0.1) is 6.04 Å². The number of aryl methyl sites for hydroxylation is 1. The van der Waals surface area contributed by atoms with Crippen LogP contribution in [0, 0.1) is 12.3 Å². The fourth-order valence-corrected chi connectivity index (χ4v) is 1.84. The Morgan fingerprint density at radius 1 is 1.12 bits per heavy atom. The molecular formula is C15H23NO. The maximum Gasteiger partial charge on any atom is 0.159 e. The Morgan fingerprint density at radius 3 is 1.94 bits per heavy atom. The number of rotatable bonds is 3. The van der Waals surface area contributed by atoms with E-state index in [9.17, 15) is 4.79 Å². The lowest BCUT2D eigenvalue weighted by Gasteiger charge is -2.29. The monoisotopic (exact) mass is 233 g/mol. The standard InChI is InChI=1S/C15H23NO/c1-11-7-9-12(10-8-11)13(16(5)6)14(17)15(2,3)4/h7-10,13H,1-6H3. The summed E-state index contributed by atoms with van der Waals surface area (Å²) in [6, 6.07) is 8.05. The molecule has 17 heavy (non-hydrogen) atoms. The maximum atomic E-state index is 12.4. The van der Waals surface area contributed by atoms with E-state index in [4.69, 9.17) is 0 Å². The number of likely N-dealkylation sites (N-methyl/N-ethyl adjacent to an activating group) is 1. The van der Waals surface area contributed by atoms with Crippen LogP contribution >= 0.6 is 0 Å². The molecule has 2 heteroatoms. The molecule has 1 rings (SSSR count). The summed E-state index contributed by atoms with van der Waals surface area (Å²) in [5.41, 5.74) is 1.97. The predicted molar refractivity (Wildman–Crippen MR) is 72.1 cm³/mol. The van der Waals surface area contributed by atoms with Gasteiger partial charge in [-0.25, -0.2) is 0 Å². The van der Waals surface area contributed by atoms with Crippen molar-refractivity contribution in [3.8, 4) is 0 Å². The predicted octanol–water partition coefficient (Wildman–Crippen LogP) is 3.21. The van der Waals surface area contributed by atoms with Crippen LogP contribution in [0.1, 0.15) is 37.9 Å². The molecule has 1 aromatic rings. The van der Waals surface area contributed by atoms with Gasteiger partial charge in [-0.15, -0.1) is 0 Å². The molecule has 0 radical (unpaired) electrons. The van der Waals surface area contributed by atoms with Crippen molar-refractivity contribution in [2.45, 2.75) is 33.7 Å². The Kier molecular flexibility index (Phi) is 4.10. The first kappa shape index (κ1) is 13.9. The van der Waals surface area contributed by atoms with Crippen molar-refractivity contribution >= 4 is 5.78 Å². The van der Waals surface area contributed by atoms with Gasteiger partial charge in [0.1, 0.15) is 0 Å². The van der Waals surface area contributed by atoms with Crippen LogP contribution < -0.4 is 0 Å². The van der Waals surface area contributed by atoms with Gasteiger partial charge in [0, 0.05) is 5.41 Å². The van der Waals surface area contributed by atoms with Gasteiger partial charge in [0.15, 0.2) is 5.78 Å². The first-order chi connectivity index (χ1) is 7.73. The molecule has 0 aliphatic heterocycles. The molecule has 1 atom stereocenters. The molecule has 0 amide bonds. The third-order valence-corrected chi connectivity index (χ3v) is 2.90. The van der Waals surface area contributed by atoms with Crippen LogP contribution in [-0.2, 0) is 4.79 Å². The number of hydrogen-bond acceptors (Lipinski definition) is 2. The van der Waals surface area contributed by atoms with Gasteiger partial charge in [-0.2, -0.15) is 0 Å². The Hall–Kier alpha value is -1.15. The quantitative estimate of drug-likeness (QED) is 0.799. The number of nitrogens with zero attached hydrogens (tertiary/aromatic N) is 1. The first-order valence-corrected chi connectivity index (χ1v) is 6.01. The Morgan fingerprint density at radius 2 is 1.59 bits per heavy atom. The second-order valence-electron chi connectivity index (χ2n) is 5.89. The molecule has 2 nitrogen and oxygen atoms in total. The van der Waals surface area contributed by atoms with Crippen molar-refractivity contribution in [2.24, 2.45) is 5.41 Å². The normalized spacial score (nSPS) is 13.8. The smallest absolute Gasteiger partial charge is 0.159 e. The van der Waals surface area contributed by atoms with E-state index < -0.39 is 0 Å². The molecule has 0 fully saturated rings. The summed E-state index contributed by atoms with van der Waals surface area (Å²) in [7, 11) is 3.91. The summed E-state index contributed by atoms with van der Waals surface area (Å²) < 4.78 is 0. The van der Waals surface area contributed by atoms with Crippen molar-refractivity contribution in [1.29, 1.82) is 0 Å². The average molecular weight is 233 g/mol. The van der Waals surface area contributed by atoms with E-state index in [1.807, 2.05) is 51.9 Å². The number of benzene rings is 1. The minimum atomic E-state index is -0.320. The molecule has 0 heterocycles. The van der Waals surface area contributed by atoms with Crippen molar-refractivity contribution in [3.05, 3.63) is 35.4 Å². The third-order valence-electron chi connectivity index (χ3n) is 2.90. The van der Waals surface area contributed by atoms with Crippen LogP contribution in [0.25, 0.3) is 0 Å². The Bertz CT molecular complexity index is 384. The summed E-state index contributed by atoms with van der Waals surface area (Å²) in [6.07, 6.45) is 0. The highest BCUT2D eigenvalue weighted by molar-refractivity contribution is 5.89. The lowest BCUT2D eigenvalue weighted by molar-refractivity contribution is -0.131. The van der Waals surface area contributed by atoms with Gasteiger partial charge in [-0.05, 0) is 26.6 Å². The van der Waals surface area contributed by atoms with Crippen LogP contribution in [0.15, 0.2) is 24.3 Å². The van der Waals surface area contributed by atoms with E-state index in [1.165, 1.54) is 5.56 Å². The maximum absolute atomic E-state index is 12.4. The van der Waals surface area contributed by atoms with E-state index in [0.717, 1.165) is 5.56 Å². The van der Waals surface area contributed by atoms with E-state index in [1.54, 1.807) is 0 Å². The topological polar surface area (TPSA) is 20.3 Å². The SMILES string of the molecule is Cc1ccc(C(C(=O)C(C)(C)C)N(C)C)cc1. The zero-order valence-corrected chi connectivity index (χ0v) is 11.7. The van der Waals surface area contributed by atoms with Gasteiger partial charge in [-0.1, -0.05) is 50.6 Å². The van der Waals surface area contributed by atoms with Crippen molar-refractivity contribution in [3.63, 3.8) is 0 Å². The van der Waals surface area contributed by atoms with Gasteiger partial charge >= 0.3 is 0 Å². The third kappa shape index (κ3) is 3.40. The molecule has 0 saturated carbocycles. The number of carbonyl (C=O) groups excluding carboxylic acids is 1. The van der Waals surface area contributed by atoms with Gasteiger partial charge in [0.2, 0.25) is 0 Å². The molecular weight excluding hydrogens is 210 g/mol. The Balaban J connectivity index is 3.10. The van der Waals surface area contributed by atoms with Crippen LogP contribution in [0.2, 0.25) is 0 Å². The molecule has 0 aromatic heterocycles. The van der Waals surface area contributed by atoms with E-state index >= 15 is 0 Å². The molecule has 0 saturated heterocycles. The molecule has 0 spiro atoms. The van der Waals surface area contributed by atoms with Gasteiger partial charge in [-0.3, -0.25) is 9.69 Å². The van der Waals surface area contributed by atoms with Crippen molar-refractivity contribution in [2.75, 3.05) is 14.1 Å². The largest absolute Gasteiger partial charge is 0.297 e. The minimum absolute atomic E-state index is 0.157. The highest BCUT2D eigenvalue weighted by Gasteiger charge is 2.31. The molecule has 94 valence electrons. The van der Waals surface area contributed by atoms with Crippen molar-refractivity contribution in [1.82, 2.24) is 4.90 Å². The zero-order valence-electron chi connectivity index (χ0n) is 11.7. The molecule has 1 aromatic carbocycles. The molecule has 0 aliphatic carbocycles. The number of Topliss-reactive ketones (excluding diaryl/α,β-unsaturated/α-hetero) is 1. The first-order valence-electron chi connectivity index (χ1n) is 6.01. The van der Waals surface area contributed by atoms with Crippen LogP contribution in [0.4, 0.5) is 0 Å². The van der Waals surface area contributed by atoms with Crippen LogP contribution in [-0.4, -0.2) is 24.8 Å². The van der Waals surface area contributed by atoms with Crippen molar-refractivity contribution < 1.29 is 4.79 Å². The molecule has 0 N–H and O–H groups in total. The van der Waals surface area contributed by atoms with E-state index in [2.05, 4.69) is 19.1 Å². The van der Waals surface area contributed by atoms with Crippen LogP contribution in [0.3, 0.4) is 0 Å². The molecule has 0 aliphatic rings. The molecule has 1 unspecified atom stereocenters. The average Bonchev–Trinajstić information content (AvgIpc) is 2.19. The number of ketones is 1. The summed E-state index contributed by atoms with van der Waals surface area (Å²) in [4.78, 5) is 14.4. The molecule has 0 bridgehead atoms. The Labute approximate surface area is 105 Å². The second kappa shape index (κ2) is 5.01. The fourth-order valence-electron chi connectivity index (χ4n) is 1.84. The summed E-state index contributed by atoms with van der Waals surface area (Å²) in [5.74, 6) is 0.256. The highest BCUT2D eigenvalue weighted by Crippen LogP contribution is 2.28.